The molecule has 7 nitrogen and oxygen atoms in total. The first kappa shape index (κ1) is 20.1. The van der Waals surface area contributed by atoms with E-state index < -0.39 is 0 Å². The summed E-state index contributed by atoms with van der Waals surface area (Å²) < 4.78 is 13.7. The highest BCUT2D eigenvalue weighted by Crippen LogP contribution is 2.38. The summed E-state index contributed by atoms with van der Waals surface area (Å²) in [6.45, 7) is 1.90. The number of benzene rings is 2. The van der Waals surface area contributed by atoms with Crippen molar-refractivity contribution in [2.75, 3.05) is 19.8 Å². The van der Waals surface area contributed by atoms with Gasteiger partial charge in [-0.2, -0.15) is 0 Å². The van der Waals surface area contributed by atoms with Crippen LogP contribution in [-0.4, -0.2) is 40.1 Å². The van der Waals surface area contributed by atoms with Crippen LogP contribution in [0.3, 0.4) is 0 Å². The van der Waals surface area contributed by atoms with Gasteiger partial charge in [-0.25, -0.2) is 4.98 Å². The number of nitrogens with zero attached hydrogens (tertiary/aromatic N) is 3. The number of halogens is 1. The van der Waals surface area contributed by atoms with Crippen molar-refractivity contribution >= 4 is 32.7 Å². The van der Waals surface area contributed by atoms with Crippen LogP contribution < -0.4 is 15.0 Å². The van der Waals surface area contributed by atoms with Crippen molar-refractivity contribution in [3.63, 3.8) is 0 Å². The number of amides is 1. The van der Waals surface area contributed by atoms with Crippen molar-refractivity contribution in [2.24, 2.45) is 0 Å². The van der Waals surface area contributed by atoms with Gasteiger partial charge in [-0.05, 0) is 48.7 Å². The number of hydrogen-bond acceptors (Lipinski definition) is 5. The lowest BCUT2D eigenvalue weighted by Gasteiger charge is -2.26. The molecule has 3 aromatic rings. The Morgan fingerprint density at radius 1 is 1.10 bits per heavy atom. The fourth-order valence-electron chi connectivity index (χ4n) is 4.28. The van der Waals surface area contributed by atoms with E-state index in [9.17, 15) is 9.59 Å². The molecule has 8 heteroatoms. The average Bonchev–Trinajstić information content (AvgIpc) is 3.15. The van der Waals surface area contributed by atoms with E-state index in [1.165, 1.54) is 10.9 Å². The monoisotopic (exact) mass is 483 g/mol. The Bertz CT molecular complexity index is 1210. The lowest BCUT2D eigenvalue weighted by Crippen LogP contribution is -2.36. The molecule has 1 amide bonds. The molecule has 1 unspecified atom stereocenters. The van der Waals surface area contributed by atoms with Crippen LogP contribution in [0.2, 0.25) is 0 Å². The zero-order valence-corrected chi connectivity index (χ0v) is 18.5. The summed E-state index contributed by atoms with van der Waals surface area (Å²) >= 11 is 3.39. The number of aromatic nitrogens is 2. The first-order chi connectivity index (χ1) is 15.1. The van der Waals surface area contributed by atoms with Gasteiger partial charge in [0.05, 0.1) is 36.5 Å². The molecular formula is C23H22BrN3O4. The molecule has 0 spiro atoms. The Morgan fingerprint density at radius 2 is 1.94 bits per heavy atom. The lowest BCUT2D eigenvalue weighted by molar-refractivity contribution is -0.132. The maximum Gasteiger partial charge on any atom is 0.261 e. The highest BCUT2D eigenvalue weighted by Gasteiger charge is 2.31. The van der Waals surface area contributed by atoms with Crippen molar-refractivity contribution in [3.8, 4) is 11.5 Å². The van der Waals surface area contributed by atoms with E-state index in [2.05, 4.69) is 20.9 Å². The number of rotatable bonds is 3. The second-order valence-corrected chi connectivity index (χ2v) is 8.76. The van der Waals surface area contributed by atoms with E-state index in [0.29, 0.717) is 30.7 Å². The molecule has 2 aromatic carbocycles. The zero-order chi connectivity index (χ0) is 21.4. The molecule has 1 aromatic heterocycles. The van der Waals surface area contributed by atoms with E-state index in [1.54, 1.807) is 12.1 Å². The van der Waals surface area contributed by atoms with Gasteiger partial charge >= 0.3 is 0 Å². The molecule has 1 atom stereocenters. The third-order valence-electron chi connectivity index (χ3n) is 5.82. The predicted octanol–water partition coefficient (Wildman–Crippen LogP) is 3.68. The molecule has 0 radical (unpaired) electrons. The Balaban J connectivity index is 1.39. The maximum atomic E-state index is 13.2. The van der Waals surface area contributed by atoms with Crippen LogP contribution in [0, 0.1) is 0 Å². The fraction of sp³-hybridized carbons (Fsp3) is 0.348. The number of carbonyl (C=O) groups excluding carboxylic acids is 1. The number of ether oxygens (including phenoxy) is 2. The van der Waals surface area contributed by atoms with Crippen LogP contribution in [0.1, 0.15) is 30.9 Å². The van der Waals surface area contributed by atoms with Crippen LogP contribution in [0.4, 0.5) is 0 Å². The third-order valence-corrected chi connectivity index (χ3v) is 6.31. The van der Waals surface area contributed by atoms with Crippen LogP contribution in [0.25, 0.3) is 10.9 Å². The summed E-state index contributed by atoms with van der Waals surface area (Å²) in [5.41, 5.74) is 1.43. The van der Waals surface area contributed by atoms with Crippen molar-refractivity contribution < 1.29 is 14.3 Å². The fourth-order valence-corrected chi connectivity index (χ4v) is 4.64. The number of hydrogen-bond donors (Lipinski definition) is 0. The molecule has 1 fully saturated rings. The van der Waals surface area contributed by atoms with Crippen molar-refractivity contribution in [2.45, 2.75) is 31.8 Å². The van der Waals surface area contributed by atoms with Gasteiger partial charge in [0.15, 0.2) is 11.5 Å². The van der Waals surface area contributed by atoms with E-state index in [1.807, 2.05) is 29.2 Å². The molecule has 1 saturated heterocycles. The molecule has 0 N–H and O–H groups in total. The summed E-state index contributed by atoms with van der Waals surface area (Å²) in [4.78, 5) is 32.2. The maximum absolute atomic E-state index is 13.2. The minimum absolute atomic E-state index is 0.0324. The molecule has 3 heterocycles. The largest absolute Gasteiger partial charge is 0.490 e. The van der Waals surface area contributed by atoms with Crippen LogP contribution >= 0.6 is 15.9 Å². The smallest absolute Gasteiger partial charge is 0.261 e. The summed E-state index contributed by atoms with van der Waals surface area (Å²) in [6, 6.07) is 11.2. The van der Waals surface area contributed by atoms with E-state index in [-0.39, 0.29) is 24.1 Å². The Labute approximate surface area is 187 Å². The standard InChI is InChI=1S/C23H22BrN3O4/c24-16-5-6-18-17(12-16)23(29)26(14-25-18)13-22(28)27-8-1-3-19(27)15-4-7-20-21(11-15)31-10-2-9-30-20/h4-7,11-12,14,19H,1-3,8-10,13H2. The number of fused-ring (bicyclic) bond motifs is 2. The summed E-state index contributed by atoms with van der Waals surface area (Å²) in [5, 5.41) is 0.491. The topological polar surface area (TPSA) is 73.7 Å². The van der Waals surface area contributed by atoms with Gasteiger partial charge in [0.25, 0.3) is 5.56 Å². The molecule has 160 valence electrons. The number of carbonyl (C=O) groups is 1. The van der Waals surface area contributed by atoms with Crippen molar-refractivity contribution in [1.82, 2.24) is 14.5 Å². The molecule has 0 saturated carbocycles. The first-order valence-electron chi connectivity index (χ1n) is 10.4. The minimum Gasteiger partial charge on any atom is -0.490 e. The van der Waals surface area contributed by atoms with Crippen LogP contribution in [0.15, 0.2) is 52.0 Å². The van der Waals surface area contributed by atoms with Gasteiger partial charge in [-0.15, -0.1) is 0 Å². The van der Waals surface area contributed by atoms with E-state index >= 15 is 0 Å². The highest BCUT2D eigenvalue weighted by atomic mass is 79.9. The SMILES string of the molecule is O=C(Cn1cnc2ccc(Br)cc2c1=O)N1CCCC1c1ccc2c(c1)OCCCO2. The predicted molar refractivity (Wildman–Crippen MR) is 119 cm³/mol. The van der Waals surface area contributed by atoms with Gasteiger partial charge in [-0.3, -0.25) is 14.2 Å². The summed E-state index contributed by atoms with van der Waals surface area (Å²) in [7, 11) is 0. The third kappa shape index (κ3) is 3.92. The van der Waals surface area contributed by atoms with Crippen molar-refractivity contribution in [3.05, 3.63) is 63.1 Å². The van der Waals surface area contributed by atoms with Crippen molar-refractivity contribution in [1.29, 1.82) is 0 Å². The number of likely N-dealkylation sites (tertiary alicyclic amines) is 1. The highest BCUT2D eigenvalue weighted by molar-refractivity contribution is 9.10. The summed E-state index contributed by atoms with van der Waals surface area (Å²) in [6.07, 6.45) is 4.10. The van der Waals surface area contributed by atoms with Gasteiger partial charge in [0, 0.05) is 17.4 Å². The van der Waals surface area contributed by atoms with Gasteiger partial charge < -0.3 is 14.4 Å². The van der Waals surface area contributed by atoms with Gasteiger partial charge in [-0.1, -0.05) is 22.0 Å². The summed E-state index contributed by atoms with van der Waals surface area (Å²) in [5.74, 6) is 1.39. The minimum atomic E-state index is -0.217. The molecule has 2 aliphatic heterocycles. The lowest BCUT2D eigenvalue weighted by atomic mass is 10.0. The van der Waals surface area contributed by atoms with Gasteiger partial charge in [0.2, 0.25) is 5.91 Å². The molecule has 31 heavy (non-hydrogen) atoms. The molecule has 2 aliphatic rings. The quantitative estimate of drug-likeness (QED) is 0.567. The second kappa shape index (κ2) is 8.34. The second-order valence-electron chi connectivity index (χ2n) is 7.84. The molecule has 0 bridgehead atoms. The Kier molecular flexibility index (Phi) is 5.40. The van der Waals surface area contributed by atoms with Crippen LogP contribution in [-0.2, 0) is 11.3 Å². The van der Waals surface area contributed by atoms with E-state index in [4.69, 9.17) is 9.47 Å². The first-order valence-corrected chi connectivity index (χ1v) is 11.2. The normalized spacial score (nSPS) is 18.2. The molecular weight excluding hydrogens is 462 g/mol. The van der Waals surface area contributed by atoms with Gasteiger partial charge in [0.1, 0.15) is 6.54 Å². The average molecular weight is 484 g/mol. The molecule has 0 aliphatic carbocycles. The Hall–Kier alpha value is -2.87. The Morgan fingerprint density at radius 3 is 2.81 bits per heavy atom. The van der Waals surface area contributed by atoms with E-state index in [0.717, 1.165) is 40.8 Å². The van der Waals surface area contributed by atoms with Crippen LogP contribution in [0.5, 0.6) is 11.5 Å². The molecule has 5 rings (SSSR count). The zero-order valence-electron chi connectivity index (χ0n) is 16.9.